The van der Waals surface area contributed by atoms with Gasteiger partial charge < -0.3 is 5.11 Å². The lowest BCUT2D eigenvalue weighted by molar-refractivity contribution is -0.133. The molecule has 3 nitrogen and oxygen atoms in total. The number of ketones is 1. The summed E-state index contributed by atoms with van der Waals surface area (Å²) in [6, 6.07) is 5.33. The van der Waals surface area contributed by atoms with Crippen LogP contribution in [0.1, 0.15) is 16.8 Å². The number of Topliss-reactive ketones (excluding diaryl/α,β-unsaturated/α-hetero) is 1. The number of aliphatic carboxylic acids is 1. The zero-order valence-corrected chi connectivity index (χ0v) is 9.30. The molecule has 1 rings (SSSR count). The Morgan fingerprint density at radius 3 is 2.44 bits per heavy atom. The smallest absolute Gasteiger partial charge is 0.313 e. The first kappa shape index (κ1) is 12.7. The van der Waals surface area contributed by atoms with Crippen molar-refractivity contribution in [2.24, 2.45) is 0 Å². The van der Waals surface area contributed by atoms with E-state index in [1.54, 1.807) is 0 Å². The van der Waals surface area contributed by atoms with E-state index in [-0.39, 0.29) is 23.8 Å². The highest BCUT2D eigenvalue weighted by Crippen LogP contribution is 2.09. The van der Waals surface area contributed by atoms with Gasteiger partial charge in [-0.15, -0.1) is 11.8 Å². The SMILES string of the molecule is O=C(O)CSCCC(=O)c1ccc(F)cc1. The maximum atomic E-state index is 12.6. The van der Waals surface area contributed by atoms with Crippen molar-refractivity contribution in [3.63, 3.8) is 0 Å². The minimum atomic E-state index is -0.890. The molecule has 0 aliphatic heterocycles. The van der Waals surface area contributed by atoms with Crippen molar-refractivity contribution in [1.29, 1.82) is 0 Å². The molecule has 0 aromatic heterocycles. The van der Waals surface area contributed by atoms with E-state index in [0.717, 1.165) is 0 Å². The number of carboxylic acids is 1. The third kappa shape index (κ3) is 4.44. The van der Waals surface area contributed by atoms with Gasteiger partial charge in [0.1, 0.15) is 5.82 Å². The summed E-state index contributed by atoms with van der Waals surface area (Å²) >= 11 is 1.19. The molecule has 0 saturated carbocycles. The molecule has 0 radical (unpaired) electrons. The molecule has 0 spiro atoms. The van der Waals surface area contributed by atoms with Crippen LogP contribution in [0.4, 0.5) is 4.39 Å². The van der Waals surface area contributed by atoms with Crippen LogP contribution in [0, 0.1) is 5.82 Å². The molecule has 0 aliphatic rings. The Morgan fingerprint density at radius 2 is 1.88 bits per heavy atom. The topological polar surface area (TPSA) is 54.4 Å². The van der Waals surface area contributed by atoms with Crippen LogP contribution in [0.5, 0.6) is 0 Å². The van der Waals surface area contributed by atoms with E-state index >= 15 is 0 Å². The summed E-state index contributed by atoms with van der Waals surface area (Å²) in [7, 11) is 0. The second kappa shape index (κ2) is 6.27. The van der Waals surface area contributed by atoms with E-state index in [9.17, 15) is 14.0 Å². The Labute approximate surface area is 96.7 Å². The summed E-state index contributed by atoms with van der Waals surface area (Å²) in [6.45, 7) is 0. The van der Waals surface area contributed by atoms with E-state index in [2.05, 4.69) is 0 Å². The molecule has 0 bridgehead atoms. The highest BCUT2D eigenvalue weighted by molar-refractivity contribution is 7.99. The average molecular weight is 242 g/mol. The summed E-state index contributed by atoms with van der Waals surface area (Å²) in [5.41, 5.74) is 0.456. The van der Waals surface area contributed by atoms with Crippen molar-refractivity contribution in [3.8, 4) is 0 Å². The molecule has 0 atom stereocenters. The van der Waals surface area contributed by atoms with Gasteiger partial charge in [-0.25, -0.2) is 4.39 Å². The van der Waals surface area contributed by atoms with E-state index in [0.29, 0.717) is 11.3 Å². The molecule has 1 aromatic carbocycles. The minimum Gasteiger partial charge on any atom is -0.481 e. The van der Waals surface area contributed by atoms with E-state index < -0.39 is 5.97 Å². The van der Waals surface area contributed by atoms with Crippen LogP contribution in [-0.4, -0.2) is 28.4 Å². The standard InChI is InChI=1S/C11H11FO3S/c12-9-3-1-8(2-4-9)10(13)5-6-16-7-11(14)15/h1-4H,5-7H2,(H,14,15). The molecular weight excluding hydrogens is 231 g/mol. The number of carbonyl (C=O) groups excluding carboxylic acids is 1. The van der Waals surface area contributed by atoms with Crippen LogP contribution in [0.15, 0.2) is 24.3 Å². The fraction of sp³-hybridized carbons (Fsp3) is 0.273. The molecule has 1 N–H and O–H groups in total. The van der Waals surface area contributed by atoms with Gasteiger partial charge in [-0.3, -0.25) is 9.59 Å². The zero-order valence-electron chi connectivity index (χ0n) is 8.48. The number of carboxylic acid groups (broad SMARTS) is 1. The fourth-order valence-electron chi connectivity index (χ4n) is 1.10. The van der Waals surface area contributed by atoms with E-state index in [4.69, 9.17) is 5.11 Å². The zero-order chi connectivity index (χ0) is 12.0. The summed E-state index contributed by atoms with van der Waals surface area (Å²) in [5, 5.41) is 8.38. The molecule has 5 heteroatoms. The van der Waals surface area contributed by atoms with Gasteiger partial charge in [-0.2, -0.15) is 0 Å². The first-order valence-electron chi connectivity index (χ1n) is 4.68. The summed E-state index contributed by atoms with van der Waals surface area (Å²) in [4.78, 5) is 21.7. The Bertz CT molecular complexity index is 375. The number of benzene rings is 1. The first-order chi connectivity index (χ1) is 7.59. The Kier molecular flexibility index (Phi) is 4.98. The quantitative estimate of drug-likeness (QED) is 0.614. The van der Waals surface area contributed by atoms with Crippen LogP contribution < -0.4 is 0 Å². The third-order valence-electron chi connectivity index (χ3n) is 1.87. The Morgan fingerprint density at radius 1 is 1.25 bits per heavy atom. The number of hydrogen-bond acceptors (Lipinski definition) is 3. The third-order valence-corrected chi connectivity index (χ3v) is 2.81. The second-order valence-corrected chi connectivity index (χ2v) is 4.23. The van der Waals surface area contributed by atoms with Gasteiger partial charge >= 0.3 is 5.97 Å². The van der Waals surface area contributed by atoms with Gasteiger partial charge in [0, 0.05) is 17.7 Å². The summed E-state index contributed by atoms with van der Waals surface area (Å²) in [5.74, 6) is -0.909. The molecule has 0 heterocycles. The molecule has 16 heavy (non-hydrogen) atoms. The van der Waals surface area contributed by atoms with Crippen molar-refractivity contribution in [1.82, 2.24) is 0 Å². The van der Waals surface area contributed by atoms with Gasteiger partial charge in [0.05, 0.1) is 5.75 Å². The van der Waals surface area contributed by atoms with E-state index in [1.165, 1.54) is 36.0 Å². The molecule has 1 aromatic rings. The van der Waals surface area contributed by atoms with Crippen molar-refractivity contribution < 1.29 is 19.1 Å². The van der Waals surface area contributed by atoms with Crippen LogP contribution in [-0.2, 0) is 4.79 Å². The van der Waals surface area contributed by atoms with Gasteiger partial charge in [0.25, 0.3) is 0 Å². The molecule has 0 amide bonds. The van der Waals surface area contributed by atoms with Crippen LogP contribution in [0.2, 0.25) is 0 Å². The first-order valence-corrected chi connectivity index (χ1v) is 5.83. The van der Waals surface area contributed by atoms with Gasteiger partial charge in [-0.1, -0.05) is 0 Å². The normalized spacial score (nSPS) is 10.1. The molecule has 0 saturated heterocycles. The lowest BCUT2D eigenvalue weighted by atomic mass is 10.1. The minimum absolute atomic E-state index is 0.00328. The van der Waals surface area contributed by atoms with Crippen molar-refractivity contribution in [2.45, 2.75) is 6.42 Å². The summed E-state index contributed by atoms with van der Waals surface area (Å²) < 4.78 is 12.6. The second-order valence-electron chi connectivity index (χ2n) is 3.13. The van der Waals surface area contributed by atoms with Gasteiger partial charge in [-0.05, 0) is 24.3 Å². The van der Waals surface area contributed by atoms with Gasteiger partial charge in [0.2, 0.25) is 0 Å². The monoisotopic (exact) mass is 242 g/mol. The number of carbonyl (C=O) groups is 2. The molecule has 0 aliphatic carbocycles. The molecule has 0 fully saturated rings. The van der Waals surface area contributed by atoms with Gasteiger partial charge in [0.15, 0.2) is 5.78 Å². The van der Waals surface area contributed by atoms with E-state index in [1.807, 2.05) is 0 Å². The van der Waals surface area contributed by atoms with Crippen molar-refractivity contribution >= 4 is 23.5 Å². The van der Waals surface area contributed by atoms with Crippen LogP contribution in [0.25, 0.3) is 0 Å². The Balaban J connectivity index is 2.35. The predicted molar refractivity (Wildman–Crippen MR) is 60.3 cm³/mol. The fourth-order valence-corrected chi connectivity index (χ4v) is 1.75. The Hall–Kier alpha value is -1.36. The average Bonchev–Trinajstić information content (AvgIpc) is 2.25. The lowest BCUT2D eigenvalue weighted by Crippen LogP contribution is -2.03. The number of rotatable bonds is 6. The predicted octanol–water partition coefficient (Wildman–Crippen LogP) is 2.22. The lowest BCUT2D eigenvalue weighted by Gasteiger charge is -2.00. The van der Waals surface area contributed by atoms with Crippen molar-refractivity contribution in [3.05, 3.63) is 35.6 Å². The summed E-state index contributed by atoms with van der Waals surface area (Å²) in [6.07, 6.45) is 0.267. The molecular formula is C11H11FO3S. The largest absolute Gasteiger partial charge is 0.481 e. The highest BCUT2D eigenvalue weighted by atomic mass is 32.2. The molecule has 0 unspecified atom stereocenters. The number of halogens is 1. The maximum Gasteiger partial charge on any atom is 0.313 e. The highest BCUT2D eigenvalue weighted by Gasteiger charge is 2.06. The maximum absolute atomic E-state index is 12.6. The van der Waals surface area contributed by atoms with Crippen molar-refractivity contribution in [2.75, 3.05) is 11.5 Å². The molecule has 86 valence electrons. The number of hydrogen-bond donors (Lipinski definition) is 1. The van der Waals surface area contributed by atoms with Crippen LogP contribution >= 0.6 is 11.8 Å². The number of thioether (sulfide) groups is 1. The van der Waals surface area contributed by atoms with Crippen LogP contribution in [0.3, 0.4) is 0 Å².